The maximum atomic E-state index is 14.5. The second-order valence-corrected chi connectivity index (χ2v) is 12.2. The maximum absolute atomic E-state index is 14.5. The van der Waals surface area contributed by atoms with Crippen molar-refractivity contribution in [2.24, 2.45) is 0 Å². The number of ether oxygens (including phenoxy) is 2. The Bertz CT molecular complexity index is 1410. The highest BCUT2D eigenvalue weighted by molar-refractivity contribution is 6.33. The van der Waals surface area contributed by atoms with Crippen LogP contribution in [0.5, 0.6) is 0 Å². The molecule has 8 nitrogen and oxygen atoms in total. The molecule has 2 amide bonds. The summed E-state index contributed by atoms with van der Waals surface area (Å²) in [5.74, 6) is 0.254. The van der Waals surface area contributed by atoms with Crippen LogP contribution in [-0.4, -0.2) is 59.5 Å². The number of rotatable bonds is 4. The fraction of sp³-hybridized carbons (Fsp3) is 0.433. The predicted octanol–water partition coefficient (Wildman–Crippen LogP) is 6.78. The summed E-state index contributed by atoms with van der Waals surface area (Å²) in [7, 11) is 0. The third-order valence-corrected chi connectivity index (χ3v) is 6.46. The highest BCUT2D eigenvalue weighted by Crippen LogP contribution is 2.32. The summed E-state index contributed by atoms with van der Waals surface area (Å²) in [6.07, 6.45) is -0.924. The molecule has 40 heavy (non-hydrogen) atoms. The van der Waals surface area contributed by atoms with Crippen molar-refractivity contribution in [3.63, 3.8) is 0 Å². The lowest BCUT2D eigenvalue weighted by Gasteiger charge is -2.36. The van der Waals surface area contributed by atoms with Crippen LogP contribution in [0.2, 0.25) is 5.02 Å². The molecule has 1 aliphatic rings. The summed E-state index contributed by atoms with van der Waals surface area (Å²) in [6, 6.07) is 12.4. The normalized spacial score (nSPS) is 14.3. The molecule has 0 radical (unpaired) electrons. The van der Waals surface area contributed by atoms with Crippen molar-refractivity contribution in [2.45, 2.75) is 59.3 Å². The average Bonchev–Trinajstić information content (AvgIpc) is 2.85. The van der Waals surface area contributed by atoms with Gasteiger partial charge in [0.1, 0.15) is 22.8 Å². The Morgan fingerprint density at radius 3 is 2.20 bits per heavy atom. The molecule has 4 rings (SSSR count). The van der Waals surface area contributed by atoms with Crippen molar-refractivity contribution in [3.05, 3.63) is 58.9 Å². The maximum Gasteiger partial charge on any atom is 0.410 e. The molecule has 0 saturated carbocycles. The van der Waals surface area contributed by atoms with E-state index < -0.39 is 23.1 Å². The van der Waals surface area contributed by atoms with Crippen molar-refractivity contribution in [2.75, 3.05) is 31.1 Å². The summed E-state index contributed by atoms with van der Waals surface area (Å²) >= 11 is 6.67. The monoisotopic (exact) mass is 570 g/mol. The van der Waals surface area contributed by atoms with Gasteiger partial charge in [0.15, 0.2) is 0 Å². The van der Waals surface area contributed by atoms with Crippen molar-refractivity contribution in [3.8, 4) is 11.1 Å². The van der Waals surface area contributed by atoms with Crippen molar-refractivity contribution < 1.29 is 23.5 Å². The topological polar surface area (TPSA) is 84.0 Å². The number of hydrogen-bond acceptors (Lipinski definition) is 6. The minimum absolute atomic E-state index is 0.000101. The van der Waals surface area contributed by atoms with Crippen LogP contribution in [0.25, 0.3) is 22.0 Å². The van der Waals surface area contributed by atoms with E-state index in [-0.39, 0.29) is 12.6 Å². The second-order valence-electron chi connectivity index (χ2n) is 11.8. The average molecular weight is 571 g/mol. The van der Waals surface area contributed by atoms with E-state index in [1.165, 1.54) is 6.07 Å². The molecule has 1 N–H and O–H groups in total. The van der Waals surface area contributed by atoms with E-state index in [9.17, 15) is 14.0 Å². The lowest BCUT2D eigenvalue weighted by molar-refractivity contribution is 0.0240. The summed E-state index contributed by atoms with van der Waals surface area (Å²) in [6.45, 7) is 13.1. The van der Waals surface area contributed by atoms with Gasteiger partial charge in [-0.1, -0.05) is 23.7 Å². The zero-order valence-corrected chi connectivity index (χ0v) is 24.6. The van der Waals surface area contributed by atoms with Gasteiger partial charge >= 0.3 is 12.2 Å². The number of anilines is 1. The minimum Gasteiger partial charge on any atom is -0.444 e. The molecule has 0 bridgehead atoms. The number of alkyl carbamates (subject to hydrolysis) is 1. The summed E-state index contributed by atoms with van der Waals surface area (Å²) in [5.41, 5.74) is 1.60. The summed E-state index contributed by atoms with van der Waals surface area (Å²) in [4.78, 5) is 33.0. The van der Waals surface area contributed by atoms with Crippen molar-refractivity contribution >= 4 is 40.5 Å². The van der Waals surface area contributed by atoms with Gasteiger partial charge in [0.2, 0.25) is 0 Å². The molecule has 1 fully saturated rings. The fourth-order valence-corrected chi connectivity index (χ4v) is 4.62. The Morgan fingerprint density at radius 2 is 1.55 bits per heavy atom. The van der Waals surface area contributed by atoms with Crippen LogP contribution in [-0.2, 0) is 16.0 Å². The number of hydrogen-bond donors (Lipinski definition) is 1. The molecule has 214 valence electrons. The van der Waals surface area contributed by atoms with Gasteiger partial charge < -0.3 is 24.6 Å². The van der Waals surface area contributed by atoms with Crippen LogP contribution in [0, 0.1) is 5.82 Å². The summed E-state index contributed by atoms with van der Waals surface area (Å²) in [5, 5.41) is 3.96. The van der Waals surface area contributed by atoms with Gasteiger partial charge in [0.05, 0.1) is 10.5 Å². The van der Waals surface area contributed by atoms with Gasteiger partial charge in [0, 0.05) is 43.7 Å². The Morgan fingerprint density at radius 1 is 0.925 bits per heavy atom. The van der Waals surface area contributed by atoms with Crippen LogP contribution < -0.4 is 10.2 Å². The lowest BCUT2D eigenvalue weighted by Crippen LogP contribution is -2.50. The van der Waals surface area contributed by atoms with Gasteiger partial charge in [-0.05, 0) is 83.0 Å². The van der Waals surface area contributed by atoms with E-state index in [0.717, 1.165) is 22.0 Å². The lowest BCUT2D eigenvalue weighted by atomic mass is 10.0. The van der Waals surface area contributed by atoms with Gasteiger partial charge in [0.25, 0.3) is 0 Å². The molecule has 1 aromatic heterocycles. The molecule has 0 aliphatic carbocycles. The molecular formula is C30H36ClFN4O4. The number of nitrogens with one attached hydrogen (secondary N) is 1. The number of pyridine rings is 1. The van der Waals surface area contributed by atoms with E-state index in [4.69, 9.17) is 26.1 Å². The largest absolute Gasteiger partial charge is 0.444 e. The van der Waals surface area contributed by atoms with E-state index in [1.54, 1.807) is 37.8 Å². The first kappa shape index (κ1) is 29.4. The van der Waals surface area contributed by atoms with Crippen LogP contribution in [0.1, 0.15) is 47.1 Å². The van der Waals surface area contributed by atoms with Gasteiger partial charge in [-0.15, -0.1) is 0 Å². The number of carbonyl (C=O) groups excluding carboxylic acids is 2. The molecule has 0 atom stereocenters. The Labute approximate surface area is 239 Å². The zero-order valence-electron chi connectivity index (χ0n) is 23.8. The molecule has 0 unspecified atom stereocenters. The van der Waals surface area contributed by atoms with E-state index >= 15 is 0 Å². The molecule has 1 saturated heterocycles. The quantitative estimate of drug-likeness (QED) is 0.372. The number of benzene rings is 2. The molecular weight excluding hydrogens is 535 g/mol. The van der Waals surface area contributed by atoms with E-state index in [1.807, 2.05) is 45.0 Å². The molecule has 2 aromatic carbocycles. The number of piperazine rings is 1. The smallest absolute Gasteiger partial charge is 0.410 e. The first-order valence-corrected chi connectivity index (χ1v) is 13.7. The zero-order chi connectivity index (χ0) is 29.2. The Balaban J connectivity index is 1.48. The number of nitrogens with zero attached hydrogens (tertiary/aromatic N) is 3. The number of aromatic nitrogens is 1. The van der Waals surface area contributed by atoms with Crippen molar-refractivity contribution in [1.29, 1.82) is 0 Å². The van der Waals surface area contributed by atoms with Crippen LogP contribution >= 0.6 is 11.6 Å². The first-order valence-electron chi connectivity index (χ1n) is 13.3. The SMILES string of the molecule is CC(C)(C)OC(=O)NCc1cc(-c2ccc3nc(N4CCN(C(=O)OC(C)(C)C)CC4)c(Cl)cc3c2)ccc1F. The van der Waals surface area contributed by atoms with Crippen LogP contribution in [0.3, 0.4) is 0 Å². The molecule has 2 heterocycles. The number of carbonyl (C=O) groups is 2. The van der Waals surface area contributed by atoms with Gasteiger partial charge in [-0.2, -0.15) is 0 Å². The standard InChI is InChI=1S/C30H36ClFN4O4/c1-29(2,3)39-27(37)33-18-22-16-19(7-9-24(22)32)20-8-10-25-21(15-20)17-23(31)26(34-25)35-11-13-36(14-12-35)28(38)40-30(4,5)6/h7-10,15-17H,11-14,18H2,1-6H3,(H,33,37). The van der Waals surface area contributed by atoms with E-state index in [2.05, 4.69) is 10.2 Å². The van der Waals surface area contributed by atoms with Crippen molar-refractivity contribution in [1.82, 2.24) is 15.2 Å². The Kier molecular flexibility index (Phi) is 8.44. The highest BCUT2D eigenvalue weighted by atomic mass is 35.5. The fourth-order valence-electron chi connectivity index (χ4n) is 4.34. The first-order chi connectivity index (χ1) is 18.7. The Hall–Kier alpha value is -3.59. The molecule has 0 spiro atoms. The van der Waals surface area contributed by atoms with Crippen LogP contribution in [0.15, 0.2) is 42.5 Å². The molecule has 1 aliphatic heterocycles. The van der Waals surface area contributed by atoms with E-state index in [0.29, 0.717) is 42.6 Å². The number of amides is 2. The number of halogens is 2. The number of fused-ring (bicyclic) bond motifs is 1. The second kappa shape index (κ2) is 11.5. The van der Waals surface area contributed by atoms with Gasteiger partial charge in [-0.3, -0.25) is 0 Å². The van der Waals surface area contributed by atoms with Gasteiger partial charge in [-0.25, -0.2) is 19.0 Å². The third kappa shape index (κ3) is 7.53. The van der Waals surface area contributed by atoms with Crippen LogP contribution in [0.4, 0.5) is 19.8 Å². The molecule has 3 aromatic rings. The highest BCUT2D eigenvalue weighted by Gasteiger charge is 2.27. The minimum atomic E-state index is -0.640. The molecule has 10 heteroatoms. The predicted molar refractivity (Wildman–Crippen MR) is 155 cm³/mol. The summed E-state index contributed by atoms with van der Waals surface area (Å²) < 4.78 is 25.2. The third-order valence-electron chi connectivity index (χ3n) is 6.18.